The molecule has 6 aromatic rings. The van der Waals surface area contributed by atoms with Gasteiger partial charge in [0.2, 0.25) is 0 Å². The average Bonchev–Trinajstić information content (AvgIpc) is 3.87. The third kappa shape index (κ3) is 7.86. The quantitative estimate of drug-likeness (QED) is 0.139. The van der Waals surface area contributed by atoms with Gasteiger partial charge in [-0.3, -0.25) is 0 Å². The van der Waals surface area contributed by atoms with Crippen molar-refractivity contribution in [2.45, 2.75) is 49.0 Å². The molecule has 0 spiro atoms. The summed E-state index contributed by atoms with van der Waals surface area (Å²) < 4.78 is 66.1. The Labute approximate surface area is 299 Å². The lowest BCUT2D eigenvalue weighted by molar-refractivity contribution is 0.430. The predicted molar refractivity (Wildman–Crippen MR) is 194 cm³/mol. The Morgan fingerprint density at radius 3 is 1.26 bits per heavy atom. The number of sulfonamides is 2. The van der Waals surface area contributed by atoms with Crippen LogP contribution in [0.3, 0.4) is 0 Å². The molecule has 0 aliphatic heterocycles. The normalized spacial score (nSPS) is 11.8. The van der Waals surface area contributed by atoms with Gasteiger partial charge in [-0.2, -0.15) is 0 Å². The van der Waals surface area contributed by atoms with E-state index in [0.717, 1.165) is 32.4 Å². The standard InChI is InChI=1S/2C14H13BrN2O3S3/c2*1-3-9-4-5-10(21-9)11-6-7-12(22-11)23(18,19)17-14-13(15)8(2)16-20-14/h2*4-7,17H,3H2,1-2H3. The fraction of sp³-hybridized carbons (Fsp3) is 0.214. The lowest BCUT2D eigenvalue weighted by atomic mass is 10.3. The minimum absolute atomic E-state index is 0.0850. The zero-order valence-corrected chi connectivity index (χ0v) is 32.7. The number of aryl methyl sites for hydroxylation is 4. The molecule has 46 heavy (non-hydrogen) atoms. The van der Waals surface area contributed by atoms with Crippen LogP contribution >= 0.6 is 77.2 Å². The molecular weight excluding hydrogens is 841 g/mol. The van der Waals surface area contributed by atoms with E-state index in [4.69, 9.17) is 9.05 Å². The monoisotopic (exact) mass is 864 g/mol. The molecule has 0 aliphatic carbocycles. The van der Waals surface area contributed by atoms with E-state index < -0.39 is 20.0 Å². The molecule has 6 rings (SSSR count). The van der Waals surface area contributed by atoms with Crippen molar-refractivity contribution in [3.8, 4) is 19.5 Å². The van der Waals surface area contributed by atoms with E-state index in [1.165, 1.54) is 32.4 Å². The van der Waals surface area contributed by atoms with E-state index >= 15 is 0 Å². The first-order valence-electron chi connectivity index (χ1n) is 13.5. The molecule has 0 bridgehead atoms. The summed E-state index contributed by atoms with van der Waals surface area (Å²) in [6.07, 6.45) is 1.95. The Balaban J connectivity index is 0.000000181. The number of rotatable bonds is 10. The number of nitrogens with zero attached hydrogens (tertiary/aromatic N) is 2. The van der Waals surface area contributed by atoms with Crippen molar-refractivity contribution in [3.05, 3.63) is 78.6 Å². The number of thiophene rings is 4. The van der Waals surface area contributed by atoms with E-state index in [-0.39, 0.29) is 20.2 Å². The largest absolute Gasteiger partial charge is 0.336 e. The first-order chi connectivity index (χ1) is 21.8. The molecule has 0 aromatic carbocycles. The molecule has 0 fully saturated rings. The molecular formula is C28H26Br2N4O6S6. The average molecular weight is 867 g/mol. The minimum Gasteiger partial charge on any atom is -0.336 e. The van der Waals surface area contributed by atoms with Gasteiger partial charge in [-0.05, 0) is 107 Å². The highest BCUT2D eigenvalue weighted by molar-refractivity contribution is 9.11. The number of nitrogens with one attached hydrogen (secondary N) is 2. The van der Waals surface area contributed by atoms with Crippen molar-refractivity contribution in [3.63, 3.8) is 0 Å². The molecule has 0 saturated heterocycles. The van der Waals surface area contributed by atoms with Gasteiger partial charge in [-0.15, -0.1) is 45.3 Å². The summed E-state index contributed by atoms with van der Waals surface area (Å²) in [6, 6.07) is 15.0. The van der Waals surface area contributed by atoms with Crippen LogP contribution in [0, 0.1) is 13.8 Å². The molecule has 10 nitrogen and oxygen atoms in total. The van der Waals surface area contributed by atoms with Gasteiger partial charge in [0.05, 0.1) is 11.4 Å². The summed E-state index contributed by atoms with van der Waals surface area (Å²) in [5, 5.41) is 7.43. The number of hydrogen-bond donors (Lipinski definition) is 2. The van der Waals surface area contributed by atoms with Gasteiger partial charge in [0, 0.05) is 29.3 Å². The van der Waals surface area contributed by atoms with E-state index in [9.17, 15) is 16.8 Å². The van der Waals surface area contributed by atoms with Crippen LogP contribution in [-0.2, 0) is 32.9 Å². The highest BCUT2D eigenvalue weighted by atomic mass is 79.9. The van der Waals surface area contributed by atoms with Crippen molar-refractivity contribution < 1.29 is 25.9 Å². The SMILES string of the molecule is CCc1ccc(-c2ccc(S(=O)(=O)Nc3onc(C)c3Br)s2)s1.CCc1ccc(-c2ccc(S(=O)(=O)Nc3onc(C)c3Br)s2)s1. The maximum atomic E-state index is 12.5. The summed E-state index contributed by atoms with van der Waals surface area (Å²) in [7, 11) is -7.40. The summed E-state index contributed by atoms with van der Waals surface area (Å²) in [5.41, 5.74) is 1.17. The summed E-state index contributed by atoms with van der Waals surface area (Å²) in [6.45, 7) is 7.63. The lowest BCUT2D eigenvalue weighted by Crippen LogP contribution is -2.11. The van der Waals surface area contributed by atoms with Crippen LogP contribution < -0.4 is 9.44 Å². The highest BCUT2D eigenvalue weighted by Gasteiger charge is 2.23. The molecule has 0 saturated carbocycles. The van der Waals surface area contributed by atoms with Gasteiger partial charge in [0.15, 0.2) is 0 Å². The number of halogens is 2. The molecule has 18 heteroatoms. The topological polar surface area (TPSA) is 144 Å². The van der Waals surface area contributed by atoms with Gasteiger partial charge >= 0.3 is 0 Å². The maximum Gasteiger partial charge on any atom is 0.273 e. The van der Waals surface area contributed by atoms with Crippen LogP contribution in [0.15, 0.2) is 74.9 Å². The van der Waals surface area contributed by atoms with Gasteiger partial charge in [-0.1, -0.05) is 24.2 Å². The third-order valence-electron chi connectivity index (χ3n) is 6.23. The van der Waals surface area contributed by atoms with Gasteiger partial charge in [-0.25, -0.2) is 26.3 Å². The Morgan fingerprint density at radius 1 is 0.609 bits per heavy atom. The molecule has 0 atom stereocenters. The van der Waals surface area contributed by atoms with Crippen molar-refractivity contribution in [2.75, 3.05) is 9.44 Å². The molecule has 0 aliphatic rings. The van der Waals surface area contributed by atoms with Crippen molar-refractivity contribution in [1.29, 1.82) is 0 Å². The van der Waals surface area contributed by atoms with Crippen LogP contribution in [0.5, 0.6) is 0 Å². The number of hydrogen-bond acceptors (Lipinski definition) is 12. The van der Waals surface area contributed by atoms with Crippen LogP contribution in [-0.4, -0.2) is 27.1 Å². The Bertz CT molecular complexity index is 2040. The zero-order chi connectivity index (χ0) is 33.2. The second kappa shape index (κ2) is 14.4. The predicted octanol–water partition coefficient (Wildman–Crippen LogP) is 9.80. The second-order valence-electron chi connectivity index (χ2n) is 9.51. The molecule has 244 valence electrons. The molecule has 2 N–H and O–H groups in total. The van der Waals surface area contributed by atoms with Crippen molar-refractivity contribution >= 4 is 109 Å². The van der Waals surface area contributed by atoms with E-state index in [0.29, 0.717) is 20.3 Å². The van der Waals surface area contributed by atoms with Gasteiger partial charge < -0.3 is 9.05 Å². The Kier molecular flexibility index (Phi) is 11.0. The lowest BCUT2D eigenvalue weighted by Gasteiger charge is -2.02. The smallest absolute Gasteiger partial charge is 0.273 e. The fourth-order valence-electron chi connectivity index (χ4n) is 3.78. The minimum atomic E-state index is -3.70. The van der Waals surface area contributed by atoms with Crippen LogP contribution in [0.25, 0.3) is 19.5 Å². The van der Waals surface area contributed by atoms with Crippen molar-refractivity contribution in [1.82, 2.24) is 10.3 Å². The third-order valence-corrected chi connectivity index (χ3v) is 16.8. The summed E-state index contributed by atoms with van der Waals surface area (Å²) >= 11 is 12.3. The van der Waals surface area contributed by atoms with E-state index in [1.54, 1.807) is 48.7 Å². The van der Waals surface area contributed by atoms with Gasteiger partial charge in [0.25, 0.3) is 31.8 Å². The maximum absolute atomic E-state index is 12.5. The number of anilines is 2. The van der Waals surface area contributed by atoms with Crippen LogP contribution in [0.2, 0.25) is 0 Å². The molecule has 6 heterocycles. The Morgan fingerprint density at radius 2 is 0.957 bits per heavy atom. The molecule has 0 radical (unpaired) electrons. The van der Waals surface area contributed by atoms with Gasteiger partial charge in [0.1, 0.15) is 17.4 Å². The van der Waals surface area contributed by atoms with E-state index in [1.807, 2.05) is 24.3 Å². The second-order valence-corrected chi connectivity index (χ2v) is 19.4. The summed E-state index contributed by atoms with van der Waals surface area (Å²) in [4.78, 5) is 6.56. The molecule has 6 aromatic heterocycles. The molecule has 0 amide bonds. The molecule has 0 unspecified atom stereocenters. The van der Waals surface area contributed by atoms with E-state index in [2.05, 4.69) is 77.6 Å². The van der Waals surface area contributed by atoms with Crippen LogP contribution in [0.1, 0.15) is 35.0 Å². The highest BCUT2D eigenvalue weighted by Crippen LogP contribution is 2.38. The Hall–Kier alpha value is -2.32. The fourth-order valence-corrected chi connectivity index (χ4v) is 11.2. The summed E-state index contributed by atoms with van der Waals surface area (Å²) in [5.74, 6) is 0.170. The first-order valence-corrected chi connectivity index (χ1v) is 21.3. The van der Waals surface area contributed by atoms with Crippen LogP contribution in [0.4, 0.5) is 11.8 Å². The van der Waals surface area contributed by atoms with Crippen molar-refractivity contribution in [2.24, 2.45) is 0 Å². The number of aromatic nitrogens is 2. The zero-order valence-electron chi connectivity index (χ0n) is 24.6. The first kappa shape index (κ1) is 35.0.